The van der Waals surface area contributed by atoms with E-state index in [4.69, 9.17) is 0 Å². The van der Waals surface area contributed by atoms with Crippen LogP contribution in [-0.4, -0.2) is 31.1 Å². The minimum Gasteiger partial charge on any atom is -0.310 e. The summed E-state index contributed by atoms with van der Waals surface area (Å²) in [5.74, 6) is 0. The highest BCUT2D eigenvalue weighted by Gasteiger charge is 2.29. The number of benzene rings is 1. The van der Waals surface area contributed by atoms with Crippen molar-refractivity contribution in [3.05, 3.63) is 34.3 Å². The molecule has 0 bridgehead atoms. The van der Waals surface area contributed by atoms with E-state index in [1.54, 1.807) is 0 Å². The van der Waals surface area contributed by atoms with Gasteiger partial charge in [0.25, 0.3) is 0 Å². The molecule has 1 unspecified atom stereocenters. The molecule has 0 aromatic heterocycles. The number of halogens is 1. The van der Waals surface area contributed by atoms with Gasteiger partial charge >= 0.3 is 0 Å². The highest BCUT2D eigenvalue weighted by atomic mass is 79.9. The number of hydrogen-bond donors (Lipinski definition) is 1. The monoisotopic (exact) mass is 338 g/mol. The van der Waals surface area contributed by atoms with E-state index in [0.717, 1.165) is 6.54 Å². The Bertz CT molecular complexity index is 431. The summed E-state index contributed by atoms with van der Waals surface area (Å²) in [4.78, 5) is 2.61. The number of likely N-dealkylation sites (tertiary alicyclic amines) is 1. The minimum atomic E-state index is 0.444. The van der Waals surface area contributed by atoms with Gasteiger partial charge in [-0.2, -0.15) is 0 Å². The Kier molecular flexibility index (Phi) is 5.65. The Balaban J connectivity index is 1.95. The van der Waals surface area contributed by atoms with Crippen LogP contribution in [0.2, 0.25) is 0 Å². The van der Waals surface area contributed by atoms with Gasteiger partial charge in [0.15, 0.2) is 0 Å². The molecule has 1 aliphatic heterocycles. The van der Waals surface area contributed by atoms with Crippen LogP contribution in [0.25, 0.3) is 0 Å². The van der Waals surface area contributed by atoms with Gasteiger partial charge in [-0.25, -0.2) is 0 Å². The lowest BCUT2D eigenvalue weighted by atomic mass is 9.93. The SMILES string of the molecule is CCNC(CCN1CCC(C)(C)C1)c1ccccc1Br. The zero-order chi connectivity index (χ0) is 14.6. The lowest BCUT2D eigenvalue weighted by molar-refractivity contribution is 0.274. The van der Waals surface area contributed by atoms with Gasteiger partial charge in [0, 0.05) is 17.1 Å². The summed E-state index contributed by atoms with van der Waals surface area (Å²) in [7, 11) is 0. The maximum atomic E-state index is 3.68. The van der Waals surface area contributed by atoms with Gasteiger partial charge in [-0.15, -0.1) is 0 Å². The van der Waals surface area contributed by atoms with Gasteiger partial charge in [0.2, 0.25) is 0 Å². The standard InChI is InChI=1S/C17H27BrN2/c1-4-19-16(14-7-5-6-8-15(14)18)9-11-20-12-10-17(2,3)13-20/h5-8,16,19H,4,9-13H2,1-3H3. The van der Waals surface area contributed by atoms with Gasteiger partial charge in [0.1, 0.15) is 0 Å². The molecule has 1 heterocycles. The van der Waals surface area contributed by atoms with E-state index in [0.29, 0.717) is 11.5 Å². The van der Waals surface area contributed by atoms with Crippen LogP contribution in [0.5, 0.6) is 0 Å². The number of nitrogens with one attached hydrogen (secondary N) is 1. The predicted molar refractivity (Wildman–Crippen MR) is 90.0 cm³/mol. The van der Waals surface area contributed by atoms with Crippen molar-refractivity contribution in [3.63, 3.8) is 0 Å². The first-order chi connectivity index (χ1) is 9.52. The Morgan fingerprint density at radius 2 is 2.10 bits per heavy atom. The first kappa shape index (κ1) is 16.0. The molecule has 1 saturated heterocycles. The van der Waals surface area contributed by atoms with E-state index in [9.17, 15) is 0 Å². The second kappa shape index (κ2) is 7.06. The third-order valence-electron chi connectivity index (χ3n) is 4.22. The van der Waals surface area contributed by atoms with Crippen LogP contribution in [0.3, 0.4) is 0 Å². The van der Waals surface area contributed by atoms with Crippen LogP contribution in [0.1, 0.15) is 45.2 Å². The van der Waals surface area contributed by atoms with Crippen molar-refractivity contribution in [3.8, 4) is 0 Å². The van der Waals surface area contributed by atoms with Crippen LogP contribution in [0, 0.1) is 5.41 Å². The zero-order valence-electron chi connectivity index (χ0n) is 13.0. The largest absolute Gasteiger partial charge is 0.310 e. The molecule has 1 atom stereocenters. The molecular formula is C17H27BrN2. The van der Waals surface area contributed by atoms with Crippen molar-refractivity contribution in [1.29, 1.82) is 0 Å². The van der Waals surface area contributed by atoms with Crippen molar-refractivity contribution < 1.29 is 0 Å². The van der Waals surface area contributed by atoms with Crippen molar-refractivity contribution in [1.82, 2.24) is 10.2 Å². The fourth-order valence-corrected chi connectivity index (χ4v) is 3.66. The Hall–Kier alpha value is -0.380. The summed E-state index contributed by atoms with van der Waals surface area (Å²) in [5.41, 5.74) is 1.88. The maximum Gasteiger partial charge on any atom is 0.0343 e. The fraction of sp³-hybridized carbons (Fsp3) is 0.647. The van der Waals surface area contributed by atoms with Gasteiger partial charge in [-0.05, 0) is 49.5 Å². The van der Waals surface area contributed by atoms with E-state index in [1.165, 1.54) is 42.5 Å². The molecule has 1 aromatic carbocycles. The smallest absolute Gasteiger partial charge is 0.0343 e. The summed E-state index contributed by atoms with van der Waals surface area (Å²) < 4.78 is 1.22. The van der Waals surface area contributed by atoms with E-state index in [-0.39, 0.29) is 0 Å². The third-order valence-corrected chi connectivity index (χ3v) is 4.94. The van der Waals surface area contributed by atoms with Gasteiger partial charge in [-0.1, -0.05) is 54.9 Å². The fourth-order valence-electron chi connectivity index (χ4n) is 3.10. The second-order valence-corrected chi connectivity index (χ2v) is 7.47. The van der Waals surface area contributed by atoms with Crippen molar-refractivity contribution in [2.24, 2.45) is 5.41 Å². The Morgan fingerprint density at radius 1 is 1.35 bits per heavy atom. The molecule has 0 aliphatic carbocycles. The molecule has 20 heavy (non-hydrogen) atoms. The Morgan fingerprint density at radius 3 is 2.70 bits per heavy atom. The topological polar surface area (TPSA) is 15.3 Å². The van der Waals surface area contributed by atoms with Crippen LogP contribution in [0.4, 0.5) is 0 Å². The maximum absolute atomic E-state index is 3.68. The van der Waals surface area contributed by atoms with Gasteiger partial charge in [0.05, 0.1) is 0 Å². The van der Waals surface area contributed by atoms with Crippen LogP contribution in [0.15, 0.2) is 28.7 Å². The molecule has 1 fully saturated rings. The highest BCUT2D eigenvalue weighted by molar-refractivity contribution is 9.10. The lowest BCUT2D eigenvalue weighted by Crippen LogP contribution is -2.29. The quantitative estimate of drug-likeness (QED) is 0.835. The molecule has 1 N–H and O–H groups in total. The summed E-state index contributed by atoms with van der Waals surface area (Å²) in [6, 6.07) is 9.02. The number of rotatable bonds is 6. The summed E-state index contributed by atoms with van der Waals surface area (Å²) in [6.07, 6.45) is 2.50. The highest BCUT2D eigenvalue weighted by Crippen LogP contribution is 2.30. The molecule has 0 spiro atoms. The molecule has 2 rings (SSSR count). The lowest BCUT2D eigenvalue weighted by Gasteiger charge is -2.24. The Labute approximate surface area is 132 Å². The molecule has 2 nitrogen and oxygen atoms in total. The normalized spacial score (nSPS) is 20.2. The molecule has 0 amide bonds. The summed E-state index contributed by atoms with van der Waals surface area (Å²) in [6.45, 7) is 11.6. The zero-order valence-corrected chi connectivity index (χ0v) is 14.5. The van der Waals surface area contributed by atoms with Crippen molar-refractivity contribution >= 4 is 15.9 Å². The molecule has 112 valence electrons. The molecule has 1 aliphatic rings. The first-order valence-electron chi connectivity index (χ1n) is 7.72. The number of hydrogen-bond acceptors (Lipinski definition) is 2. The van der Waals surface area contributed by atoms with Crippen LogP contribution < -0.4 is 5.32 Å². The molecular weight excluding hydrogens is 312 g/mol. The van der Waals surface area contributed by atoms with E-state index < -0.39 is 0 Å². The van der Waals surface area contributed by atoms with Crippen LogP contribution in [-0.2, 0) is 0 Å². The van der Waals surface area contributed by atoms with E-state index >= 15 is 0 Å². The second-order valence-electron chi connectivity index (χ2n) is 6.61. The van der Waals surface area contributed by atoms with Gasteiger partial charge < -0.3 is 10.2 Å². The average molecular weight is 339 g/mol. The summed E-state index contributed by atoms with van der Waals surface area (Å²) in [5, 5.41) is 3.63. The number of nitrogens with zero attached hydrogens (tertiary/aromatic N) is 1. The van der Waals surface area contributed by atoms with Crippen molar-refractivity contribution in [2.45, 2.75) is 39.7 Å². The predicted octanol–water partition coefficient (Wildman–Crippen LogP) is 4.22. The van der Waals surface area contributed by atoms with Gasteiger partial charge in [-0.3, -0.25) is 0 Å². The van der Waals surface area contributed by atoms with E-state index in [2.05, 4.69) is 71.2 Å². The minimum absolute atomic E-state index is 0.444. The van der Waals surface area contributed by atoms with Crippen molar-refractivity contribution in [2.75, 3.05) is 26.2 Å². The average Bonchev–Trinajstić information content (AvgIpc) is 2.75. The third kappa shape index (κ3) is 4.31. The van der Waals surface area contributed by atoms with E-state index in [1.807, 2.05) is 0 Å². The summed E-state index contributed by atoms with van der Waals surface area (Å²) >= 11 is 3.68. The molecule has 0 radical (unpaired) electrons. The van der Waals surface area contributed by atoms with Crippen LogP contribution >= 0.6 is 15.9 Å². The molecule has 3 heteroatoms. The first-order valence-corrected chi connectivity index (χ1v) is 8.51. The molecule has 0 saturated carbocycles. The molecule has 1 aromatic rings.